The standard InChI is InChI=1S/C16H23N3O4S/c1-11-9-18(10-12(2)23-11)7-6-17-16(20)14-8-13(24-3)4-5-15(14)19(21)22/h4-5,8,11-12H,6-7,9-10H2,1-3H3,(H,17,20). The molecule has 2 rings (SSSR count). The maximum atomic E-state index is 12.3. The van der Waals surface area contributed by atoms with E-state index in [9.17, 15) is 14.9 Å². The van der Waals surface area contributed by atoms with Crippen LogP contribution >= 0.6 is 11.8 Å². The summed E-state index contributed by atoms with van der Waals surface area (Å²) in [6, 6.07) is 4.60. The second-order valence-corrected chi connectivity index (χ2v) is 6.79. The number of hydrogen-bond donors (Lipinski definition) is 1. The molecule has 1 heterocycles. The van der Waals surface area contributed by atoms with Gasteiger partial charge in [0.2, 0.25) is 0 Å². The van der Waals surface area contributed by atoms with Gasteiger partial charge in [-0.05, 0) is 32.2 Å². The number of hydrogen-bond acceptors (Lipinski definition) is 6. The summed E-state index contributed by atoms with van der Waals surface area (Å²) < 4.78 is 5.67. The Bertz CT molecular complexity index is 601. The van der Waals surface area contributed by atoms with Gasteiger partial charge >= 0.3 is 0 Å². The number of amides is 1. The van der Waals surface area contributed by atoms with Crippen LogP contribution in [0.4, 0.5) is 5.69 Å². The molecule has 7 nitrogen and oxygen atoms in total. The molecule has 1 saturated heterocycles. The largest absolute Gasteiger partial charge is 0.373 e. The number of nitro groups is 1. The van der Waals surface area contributed by atoms with E-state index in [4.69, 9.17) is 4.74 Å². The van der Waals surface area contributed by atoms with E-state index in [1.807, 2.05) is 20.1 Å². The molecule has 24 heavy (non-hydrogen) atoms. The van der Waals surface area contributed by atoms with Crippen molar-refractivity contribution in [2.45, 2.75) is 31.0 Å². The minimum Gasteiger partial charge on any atom is -0.373 e. The highest BCUT2D eigenvalue weighted by atomic mass is 32.2. The molecule has 132 valence electrons. The van der Waals surface area contributed by atoms with Gasteiger partial charge in [0.25, 0.3) is 11.6 Å². The van der Waals surface area contributed by atoms with E-state index in [1.54, 1.807) is 12.1 Å². The number of nitro benzene ring substituents is 1. The fraction of sp³-hybridized carbons (Fsp3) is 0.562. The molecule has 0 bridgehead atoms. The third-order valence-corrected chi connectivity index (χ3v) is 4.58. The number of thioether (sulfide) groups is 1. The van der Waals surface area contributed by atoms with Crippen LogP contribution in [-0.4, -0.2) is 60.4 Å². The van der Waals surface area contributed by atoms with Crippen LogP contribution in [0.25, 0.3) is 0 Å². The zero-order valence-electron chi connectivity index (χ0n) is 14.2. The van der Waals surface area contributed by atoms with Gasteiger partial charge in [0, 0.05) is 37.1 Å². The van der Waals surface area contributed by atoms with Crippen molar-refractivity contribution in [3.05, 3.63) is 33.9 Å². The van der Waals surface area contributed by atoms with Crippen molar-refractivity contribution in [2.24, 2.45) is 0 Å². The summed E-state index contributed by atoms with van der Waals surface area (Å²) in [7, 11) is 0. The Morgan fingerprint density at radius 1 is 1.42 bits per heavy atom. The molecule has 0 radical (unpaired) electrons. The molecule has 2 unspecified atom stereocenters. The quantitative estimate of drug-likeness (QED) is 0.479. The number of rotatable bonds is 6. The van der Waals surface area contributed by atoms with Crippen molar-refractivity contribution in [2.75, 3.05) is 32.4 Å². The molecule has 1 fully saturated rings. The SMILES string of the molecule is CSc1ccc([N+](=O)[O-])c(C(=O)NCCN2CC(C)OC(C)C2)c1. The van der Waals surface area contributed by atoms with Gasteiger partial charge < -0.3 is 10.1 Å². The summed E-state index contributed by atoms with van der Waals surface area (Å²) in [5.74, 6) is -0.410. The Morgan fingerprint density at radius 3 is 2.67 bits per heavy atom. The molecular formula is C16H23N3O4S. The van der Waals surface area contributed by atoms with E-state index in [2.05, 4.69) is 10.2 Å². The Hall–Kier alpha value is -1.64. The lowest BCUT2D eigenvalue weighted by Gasteiger charge is -2.35. The lowest BCUT2D eigenvalue weighted by molar-refractivity contribution is -0.385. The average Bonchev–Trinajstić information content (AvgIpc) is 2.53. The smallest absolute Gasteiger partial charge is 0.282 e. The number of ether oxygens (including phenoxy) is 1. The Morgan fingerprint density at radius 2 is 2.08 bits per heavy atom. The number of nitrogens with one attached hydrogen (secondary N) is 1. The van der Waals surface area contributed by atoms with Gasteiger partial charge in [0.15, 0.2) is 0 Å². The Labute approximate surface area is 145 Å². The summed E-state index contributed by atoms with van der Waals surface area (Å²) in [6.45, 7) is 6.83. The second kappa shape index (κ2) is 8.46. The highest BCUT2D eigenvalue weighted by Crippen LogP contribution is 2.24. The molecule has 1 aromatic carbocycles. The summed E-state index contributed by atoms with van der Waals surface area (Å²) in [5, 5.41) is 13.9. The van der Waals surface area contributed by atoms with Crippen molar-refractivity contribution < 1.29 is 14.5 Å². The van der Waals surface area contributed by atoms with Gasteiger partial charge in [-0.3, -0.25) is 19.8 Å². The van der Waals surface area contributed by atoms with Gasteiger partial charge in [-0.1, -0.05) is 0 Å². The Kier molecular flexibility index (Phi) is 6.59. The number of nitrogens with zero attached hydrogens (tertiary/aromatic N) is 2. The van der Waals surface area contributed by atoms with Crippen molar-refractivity contribution in [3.8, 4) is 0 Å². The molecule has 8 heteroatoms. The lowest BCUT2D eigenvalue weighted by Crippen LogP contribution is -2.47. The molecule has 1 aliphatic rings. The van der Waals surface area contributed by atoms with Crippen molar-refractivity contribution >= 4 is 23.4 Å². The summed E-state index contributed by atoms with van der Waals surface area (Å²) >= 11 is 1.44. The maximum Gasteiger partial charge on any atom is 0.282 e. The normalized spacial score (nSPS) is 21.5. The van der Waals surface area contributed by atoms with Crippen LogP contribution in [0.3, 0.4) is 0 Å². The predicted octanol–water partition coefficient (Wildman–Crippen LogP) is 2.16. The first-order valence-electron chi connectivity index (χ1n) is 7.89. The van der Waals surface area contributed by atoms with Crippen LogP contribution < -0.4 is 5.32 Å². The van der Waals surface area contributed by atoms with Gasteiger partial charge in [-0.2, -0.15) is 0 Å². The van der Waals surface area contributed by atoms with E-state index in [0.717, 1.165) is 18.0 Å². The predicted molar refractivity (Wildman–Crippen MR) is 93.7 cm³/mol. The zero-order valence-corrected chi connectivity index (χ0v) is 15.0. The zero-order chi connectivity index (χ0) is 17.7. The highest BCUT2D eigenvalue weighted by Gasteiger charge is 2.23. The van der Waals surface area contributed by atoms with E-state index in [1.165, 1.54) is 17.8 Å². The Balaban J connectivity index is 1.96. The van der Waals surface area contributed by atoms with Gasteiger partial charge in [-0.25, -0.2) is 0 Å². The maximum absolute atomic E-state index is 12.3. The van der Waals surface area contributed by atoms with Crippen molar-refractivity contribution in [1.29, 1.82) is 0 Å². The lowest BCUT2D eigenvalue weighted by atomic mass is 10.1. The number of morpholine rings is 1. The van der Waals surface area contributed by atoms with E-state index < -0.39 is 10.8 Å². The van der Waals surface area contributed by atoms with E-state index in [0.29, 0.717) is 13.1 Å². The molecule has 1 amide bonds. The monoisotopic (exact) mass is 353 g/mol. The number of carbonyl (C=O) groups is 1. The third-order valence-electron chi connectivity index (χ3n) is 3.85. The van der Waals surface area contributed by atoms with Crippen LogP contribution in [0, 0.1) is 10.1 Å². The molecule has 0 spiro atoms. The first-order valence-corrected chi connectivity index (χ1v) is 9.11. The second-order valence-electron chi connectivity index (χ2n) is 5.91. The van der Waals surface area contributed by atoms with Gasteiger partial charge in [0.05, 0.1) is 17.1 Å². The van der Waals surface area contributed by atoms with Gasteiger partial charge in [-0.15, -0.1) is 11.8 Å². The minimum atomic E-state index is -0.523. The van der Waals surface area contributed by atoms with Crippen molar-refractivity contribution in [3.63, 3.8) is 0 Å². The first kappa shape index (κ1) is 18.7. The molecule has 2 atom stereocenters. The molecule has 0 saturated carbocycles. The van der Waals surface area contributed by atoms with E-state index >= 15 is 0 Å². The average molecular weight is 353 g/mol. The minimum absolute atomic E-state index is 0.107. The molecule has 0 aliphatic carbocycles. The van der Waals surface area contributed by atoms with Crippen LogP contribution in [0.2, 0.25) is 0 Å². The third kappa shape index (κ3) is 4.93. The summed E-state index contributed by atoms with van der Waals surface area (Å²) in [5.41, 5.74) is -0.0607. The van der Waals surface area contributed by atoms with Crippen LogP contribution in [0.5, 0.6) is 0 Å². The molecule has 1 N–H and O–H groups in total. The van der Waals surface area contributed by atoms with Gasteiger partial charge in [0.1, 0.15) is 5.56 Å². The molecule has 0 aromatic heterocycles. The van der Waals surface area contributed by atoms with Crippen LogP contribution in [-0.2, 0) is 4.74 Å². The van der Waals surface area contributed by atoms with E-state index in [-0.39, 0.29) is 23.5 Å². The molecular weight excluding hydrogens is 330 g/mol. The topological polar surface area (TPSA) is 84.7 Å². The molecule has 1 aromatic rings. The number of carbonyl (C=O) groups excluding carboxylic acids is 1. The van der Waals surface area contributed by atoms with Crippen molar-refractivity contribution in [1.82, 2.24) is 10.2 Å². The van der Waals surface area contributed by atoms with Crippen LogP contribution in [0.15, 0.2) is 23.1 Å². The fourth-order valence-electron chi connectivity index (χ4n) is 2.87. The number of benzene rings is 1. The highest BCUT2D eigenvalue weighted by molar-refractivity contribution is 7.98. The summed E-state index contributed by atoms with van der Waals surface area (Å²) in [4.78, 5) is 26.0. The summed E-state index contributed by atoms with van der Waals surface area (Å²) in [6.07, 6.45) is 2.21. The molecule has 1 aliphatic heterocycles. The van der Waals surface area contributed by atoms with Crippen LogP contribution in [0.1, 0.15) is 24.2 Å². The fourth-order valence-corrected chi connectivity index (χ4v) is 3.31. The first-order chi connectivity index (χ1) is 11.4.